The van der Waals surface area contributed by atoms with Crippen molar-refractivity contribution in [2.75, 3.05) is 5.32 Å². The molecule has 0 saturated heterocycles. The summed E-state index contributed by atoms with van der Waals surface area (Å²) in [6.45, 7) is 0. The summed E-state index contributed by atoms with van der Waals surface area (Å²) in [4.78, 5) is 4.03. The number of anilines is 2. The van der Waals surface area contributed by atoms with Crippen LogP contribution < -0.4 is 5.32 Å². The van der Waals surface area contributed by atoms with Crippen LogP contribution in [0.5, 0.6) is 0 Å². The number of pyridine rings is 1. The average molecular weight is 302 g/mol. The standard InChI is InChI=1S/C11H7BrClFN2/c12-8-2-1-3-9(14)11(8)16-10-5-4-7(13)6-15-10/h1-6H,(H,15,16). The molecule has 0 amide bonds. The molecule has 0 aliphatic heterocycles. The van der Waals surface area contributed by atoms with Crippen LogP contribution in [0.15, 0.2) is 41.0 Å². The topological polar surface area (TPSA) is 24.9 Å². The molecule has 0 unspecified atom stereocenters. The molecule has 0 atom stereocenters. The van der Waals surface area contributed by atoms with Crippen molar-refractivity contribution in [2.45, 2.75) is 0 Å². The molecule has 0 radical (unpaired) electrons. The molecule has 82 valence electrons. The molecule has 5 heteroatoms. The molecule has 1 heterocycles. The lowest BCUT2D eigenvalue weighted by Crippen LogP contribution is -1.96. The number of nitrogens with zero attached hydrogens (tertiary/aromatic N) is 1. The summed E-state index contributed by atoms with van der Waals surface area (Å²) >= 11 is 8.97. The smallest absolute Gasteiger partial charge is 0.147 e. The van der Waals surface area contributed by atoms with E-state index >= 15 is 0 Å². The van der Waals surface area contributed by atoms with Gasteiger partial charge in [0.05, 0.1) is 10.7 Å². The Morgan fingerprint density at radius 1 is 1.25 bits per heavy atom. The van der Waals surface area contributed by atoms with E-state index in [-0.39, 0.29) is 5.82 Å². The van der Waals surface area contributed by atoms with Crippen LogP contribution >= 0.6 is 27.5 Å². The van der Waals surface area contributed by atoms with E-state index in [4.69, 9.17) is 11.6 Å². The molecule has 2 rings (SSSR count). The highest BCUT2D eigenvalue weighted by molar-refractivity contribution is 9.10. The number of hydrogen-bond acceptors (Lipinski definition) is 2. The first-order valence-electron chi connectivity index (χ1n) is 4.49. The van der Waals surface area contributed by atoms with Crippen molar-refractivity contribution in [1.82, 2.24) is 4.98 Å². The van der Waals surface area contributed by atoms with E-state index in [1.165, 1.54) is 12.3 Å². The van der Waals surface area contributed by atoms with Gasteiger partial charge in [0.2, 0.25) is 0 Å². The third kappa shape index (κ3) is 2.51. The molecular formula is C11H7BrClFN2. The number of halogens is 3. The minimum Gasteiger partial charge on any atom is -0.337 e. The van der Waals surface area contributed by atoms with Crippen molar-refractivity contribution in [2.24, 2.45) is 0 Å². The van der Waals surface area contributed by atoms with Gasteiger partial charge in [0.1, 0.15) is 11.6 Å². The second kappa shape index (κ2) is 4.80. The van der Waals surface area contributed by atoms with Gasteiger partial charge in [-0.1, -0.05) is 17.7 Å². The quantitative estimate of drug-likeness (QED) is 0.890. The van der Waals surface area contributed by atoms with Crippen LogP contribution in [0.1, 0.15) is 0 Å². The number of benzene rings is 1. The first kappa shape index (κ1) is 11.4. The van der Waals surface area contributed by atoms with Crippen molar-refractivity contribution < 1.29 is 4.39 Å². The Morgan fingerprint density at radius 2 is 2.06 bits per heavy atom. The lowest BCUT2D eigenvalue weighted by atomic mass is 10.3. The van der Waals surface area contributed by atoms with Gasteiger partial charge in [0, 0.05) is 10.7 Å². The van der Waals surface area contributed by atoms with Crippen molar-refractivity contribution in [3.8, 4) is 0 Å². The zero-order valence-corrected chi connectivity index (χ0v) is 10.4. The average Bonchev–Trinajstić information content (AvgIpc) is 2.26. The molecule has 0 fully saturated rings. The van der Waals surface area contributed by atoms with E-state index in [1.807, 2.05) is 0 Å². The van der Waals surface area contributed by atoms with Crippen molar-refractivity contribution >= 4 is 39.0 Å². The Bertz CT molecular complexity index is 482. The third-order valence-electron chi connectivity index (χ3n) is 1.94. The Hall–Kier alpha value is -1.13. The minimum atomic E-state index is -0.342. The monoisotopic (exact) mass is 300 g/mol. The molecule has 1 N–H and O–H groups in total. The molecular weight excluding hydrogens is 294 g/mol. The molecule has 0 bridgehead atoms. The SMILES string of the molecule is Fc1cccc(Br)c1Nc1ccc(Cl)cn1. The van der Waals surface area contributed by atoms with Gasteiger partial charge in [-0.05, 0) is 40.2 Å². The van der Waals surface area contributed by atoms with Crippen LogP contribution in [0.3, 0.4) is 0 Å². The van der Waals surface area contributed by atoms with Crippen LogP contribution in [0.4, 0.5) is 15.9 Å². The summed E-state index contributed by atoms with van der Waals surface area (Å²) in [5, 5.41) is 3.42. The van der Waals surface area contributed by atoms with E-state index in [0.29, 0.717) is 21.0 Å². The molecule has 0 aliphatic rings. The predicted molar refractivity (Wildman–Crippen MR) is 66.6 cm³/mol. The third-order valence-corrected chi connectivity index (χ3v) is 2.83. The van der Waals surface area contributed by atoms with Crippen molar-refractivity contribution in [3.63, 3.8) is 0 Å². The Balaban J connectivity index is 2.30. The van der Waals surface area contributed by atoms with Gasteiger partial charge in [-0.3, -0.25) is 0 Å². The summed E-state index contributed by atoms with van der Waals surface area (Å²) in [5.74, 6) is 0.196. The number of hydrogen-bond donors (Lipinski definition) is 1. The van der Waals surface area contributed by atoms with Crippen LogP contribution in [-0.2, 0) is 0 Å². The summed E-state index contributed by atoms with van der Waals surface area (Å²) in [6, 6.07) is 8.12. The molecule has 0 spiro atoms. The Kier molecular flexibility index (Phi) is 3.41. The van der Waals surface area contributed by atoms with Gasteiger partial charge in [-0.15, -0.1) is 0 Å². The zero-order chi connectivity index (χ0) is 11.5. The molecule has 2 aromatic rings. The van der Waals surface area contributed by atoms with Crippen molar-refractivity contribution in [3.05, 3.63) is 51.8 Å². The van der Waals surface area contributed by atoms with Gasteiger partial charge in [-0.2, -0.15) is 0 Å². The highest BCUT2D eigenvalue weighted by Crippen LogP contribution is 2.27. The molecule has 0 saturated carbocycles. The zero-order valence-electron chi connectivity index (χ0n) is 8.05. The van der Waals surface area contributed by atoms with Gasteiger partial charge in [0.25, 0.3) is 0 Å². The van der Waals surface area contributed by atoms with E-state index in [1.54, 1.807) is 24.3 Å². The van der Waals surface area contributed by atoms with E-state index in [0.717, 1.165) is 0 Å². The molecule has 2 nitrogen and oxygen atoms in total. The number of para-hydroxylation sites is 1. The van der Waals surface area contributed by atoms with Crippen molar-refractivity contribution in [1.29, 1.82) is 0 Å². The maximum atomic E-state index is 13.5. The lowest BCUT2D eigenvalue weighted by molar-refractivity contribution is 0.631. The first-order chi connectivity index (χ1) is 7.66. The highest BCUT2D eigenvalue weighted by atomic mass is 79.9. The van der Waals surface area contributed by atoms with E-state index < -0.39 is 0 Å². The number of rotatable bonds is 2. The highest BCUT2D eigenvalue weighted by Gasteiger charge is 2.06. The number of nitrogens with one attached hydrogen (secondary N) is 1. The molecule has 1 aromatic heterocycles. The summed E-state index contributed by atoms with van der Waals surface area (Å²) in [7, 11) is 0. The van der Waals surface area contributed by atoms with E-state index in [9.17, 15) is 4.39 Å². The summed E-state index contributed by atoms with van der Waals surface area (Å²) < 4.78 is 14.1. The Morgan fingerprint density at radius 3 is 2.69 bits per heavy atom. The Labute approximate surface area is 106 Å². The first-order valence-corrected chi connectivity index (χ1v) is 5.66. The summed E-state index contributed by atoms with van der Waals surface area (Å²) in [6.07, 6.45) is 1.50. The fourth-order valence-corrected chi connectivity index (χ4v) is 1.75. The van der Waals surface area contributed by atoms with Crippen LogP contribution in [0.2, 0.25) is 5.02 Å². The molecule has 16 heavy (non-hydrogen) atoms. The fraction of sp³-hybridized carbons (Fsp3) is 0. The largest absolute Gasteiger partial charge is 0.337 e. The maximum absolute atomic E-state index is 13.5. The van der Waals surface area contributed by atoms with Gasteiger partial charge >= 0.3 is 0 Å². The van der Waals surface area contributed by atoms with E-state index in [2.05, 4.69) is 26.2 Å². The minimum absolute atomic E-state index is 0.342. The number of aromatic nitrogens is 1. The van der Waals surface area contributed by atoms with Crippen LogP contribution in [0.25, 0.3) is 0 Å². The normalized spacial score (nSPS) is 10.2. The lowest BCUT2D eigenvalue weighted by Gasteiger charge is -2.08. The fourth-order valence-electron chi connectivity index (χ4n) is 1.20. The maximum Gasteiger partial charge on any atom is 0.147 e. The van der Waals surface area contributed by atoms with Gasteiger partial charge in [0.15, 0.2) is 0 Å². The molecule has 0 aliphatic carbocycles. The van der Waals surface area contributed by atoms with Gasteiger partial charge < -0.3 is 5.32 Å². The van der Waals surface area contributed by atoms with Crippen LogP contribution in [0, 0.1) is 5.82 Å². The summed E-state index contributed by atoms with van der Waals surface area (Å²) in [5.41, 5.74) is 0.359. The molecule has 1 aromatic carbocycles. The predicted octanol–water partition coefficient (Wildman–Crippen LogP) is 4.38. The second-order valence-corrected chi connectivity index (χ2v) is 4.37. The van der Waals surface area contributed by atoms with Crippen LogP contribution in [-0.4, -0.2) is 4.98 Å². The second-order valence-electron chi connectivity index (χ2n) is 3.08. The van der Waals surface area contributed by atoms with Gasteiger partial charge in [-0.25, -0.2) is 9.37 Å².